The fourth-order valence-corrected chi connectivity index (χ4v) is 2.82. The Bertz CT molecular complexity index is 706. The summed E-state index contributed by atoms with van der Waals surface area (Å²) < 4.78 is 6.07. The van der Waals surface area contributed by atoms with E-state index in [0.29, 0.717) is 6.61 Å². The largest absolute Gasteiger partial charge is 0.492 e. The molecule has 22 heavy (non-hydrogen) atoms. The quantitative estimate of drug-likeness (QED) is 0.833. The third-order valence-electron chi connectivity index (χ3n) is 3.86. The van der Waals surface area contributed by atoms with E-state index < -0.39 is 0 Å². The SMILES string of the molecule is CN(C)CCOC1=Cc2ccccc2Cc2ccc(Cl)cc21. The molecule has 0 aliphatic heterocycles. The molecule has 0 atom stereocenters. The van der Waals surface area contributed by atoms with Gasteiger partial charge in [-0.05, 0) is 55.4 Å². The van der Waals surface area contributed by atoms with Gasteiger partial charge in [-0.15, -0.1) is 0 Å². The second-order valence-electron chi connectivity index (χ2n) is 5.84. The molecule has 3 heteroatoms. The van der Waals surface area contributed by atoms with E-state index in [1.807, 2.05) is 26.2 Å². The summed E-state index contributed by atoms with van der Waals surface area (Å²) in [6, 6.07) is 14.5. The molecule has 0 heterocycles. The minimum atomic E-state index is 0.660. The van der Waals surface area contributed by atoms with Crippen LogP contribution >= 0.6 is 11.6 Å². The molecule has 0 bridgehead atoms. The van der Waals surface area contributed by atoms with E-state index in [-0.39, 0.29) is 0 Å². The Kier molecular flexibility index (Phi) is 4.51. The van der Waals surface area contributed by atoms with Gasteiger partial charge in [-0.25, -0.2) is 0 Å². The third-order valence-corrected chi connectivity index (χ3v) is 4.09. The monoisotopic (exact) mass is 313 g/mol. The molecule has 0 saturated heterocycles. The lowest BCUT2D eigenvalue weighted by Crippen LogP contribution is -2.17. The van der Waals surface area contributed by atoms with Crippen molar-refractivity contribution in [2.75, 3.05) is 27.2 Å². The number of fused-ring (bicyclic) bond motifs is 2. The Morgan fingerprint density at radius 2 is 1.91 bits per heavy atom. The highest BCUT2D eigenvalue weighted by Crippen LogP contribution is 2.32. The van der Waals surface area contributed by atoms with Crippen molar-refractivity contribution in [1.82, 2.24) is 4.90 Å². The zero-order chi connectivity index (χ0) is 15.5. The van der Waals surface area contributed by atoms with Crippen molar-refractivity contribution in [3.05, 3.63) is 69.7 Å². The van der Waals surface area contributed by atoms with Gasteiger partial charge in [-0.2, -0.15) is 0 Å². The molecule has 0 unspecified atom stereocenters. The van der Waals surface area contributed by atoms with Gasteiger partial charge in [-0.3, -0.25) is 0 Å². The van der Waals surface area contributed by atoms with Gasteiger partial charge in [0.15, 0.2) is 0 Å². The van der Waals surface area contributed by atoms with Crippen molar-refractivity contribution in [2.45, 2.75) is 6.42 Å². The maximum atomic E-state index is 6.20. The number of benzene rings is 2. The van der Waals surface area contributed by atoms with Gasteiger partial charge in [-0.1, -0.05) is 41.9 Å². The minimum absolute atomic E-state index is 0.660. The summed E-state index contributed by atoms with van der Waals surface area (Å²) >= 11 is 6.20. The molecule has 2 nitrogen and oxygen atoms in total. The lowest BCUT2D eigenvalue weighted by Gasteiger charge is -2.15. The van der Waals surface area contributed by atoms with Crippen molar-refractivity contribution < 1.29 is 4.74 Å². The predicted molar refractivity (Wildman–Crippen MR) is 93.1 cm³/mol. The van der Waals surface area contributed by atoms with Crippen LogP contribution in [0.4, 0.5) is 0 Å². The molecule has 1 aliphatic rings. The summed E-state index contributed by atoms with van der Waals surface area (Å²) in [6.45, 7) is 1.54. The van der Waals surface area contributed by atoms with Gasteiger partial charge in [0.25, 0.3) is 0 Å². The third kappa shape index (κ3) is 3.34. The summed E-state index contributed by atoms with van der Waals surface area (Å²) in [5, 5.41) is 0.742. The first-order chi connectivity index (χ1) is 10.6. The molecule has 0 N–H and O–H groups in total. The van der Waals surface area contributed by atoms with Gasteiger partial charge in [0.1, 0.15) is 12.4 Å². The molecule has 2 aromatic carbocycles. The number of hydrogen-bond donors (Lipinski definition) is 0. The molecule has 0 radical (unpaired) electrons. The topological polar surface area (TPSA) is 12.5 Å². The summed E-state index contributed by atoms with van der Waals surface area (Å²) in [6.07, 6.45) is 3.03. The Balaban J connectivity index is 2.00. The number of likely N-dealkylation sites (N-methyl/N-ethyl adjacent to an activating group) is 1. The van der Waals surface area contributed by atoms with Crippen LogP contribution in [0.1, 0.15) is 22.3 Å². The molecule has 0 amide bonds. The van der Waals surface area contributed by atoms with Crippen molar-refractivity contribution in [3.8, 4) is 0 Å². The normalized spacial score (nSPS) is 13.2. The molecule has 0 spiro atoms. The average Bonchev–Trinajstić information content (AvgIpc) is 2.64. The predicted octanol–water partition coefficient (Wildman–Crippen LogP) is 4.32. The molecule has 0 fully saturated rings. The first-order valence-corrected chi connectivity index (χ1v) is 7.87. The van der Waals surface area contributed by atoms with E-state index in [0.717, 1.165) is 29.3 Å². The van der Waals surface area contributed by atoms with Crippen LogP contribution in [0.25, 0.3) is 11.8 Å². The van der Waals surface area contributed by atoms with E-state index in [4.69, 9.17) is 16.3 Å². The van der Waals surface area contributed by atoms with Crippen LogP contribution in [0.2, 0.25) is 5.02 Å². The second-order valence-corrected chi connectivity index (χ2v) is 6.27. The van der Waals surface area contributed by atoms with Gasteiger partial charge in [0.05, 0.1) is 0 Å². The Hall–Kier alpha value is -1.77. The van der Waals surface area contributed by atoms with Gasteiger partial charge in [0, 0.05) is 17.1 Å². The van der Waals surface area contributed by atoms with Gasteiger partial charge in [0.2, 0.25) is 0 Å². The average molecular weight is 314 g/mol. The van der Waals surface area contributed by atoms with Crippen LogP contribution in [-0.2, 0) is 11.2 Å². The zero-order valence-corrected chi connectivity index (χ0v) is 13.7. The molecule has 3 rings (SSSR count). The first kappa shape index (κ1) is 15.1. The van der Waals surface area contributed by atoms with E-state index in [9.17, 15) is 0 Å². The molecule has 114 valence electrons. The Labute approximate surface area is 137 Å². The van der Waals surface area contributed by atoms with Gasteiger partial charge < -0.3 is 9.64 Å². The maximum Gasteiger partial charge on any atom is 0.127 e. The van der Waals surface area contributed by atoms with Crippen LogP contribution in [0.15, 0.2) is 42.5 Å². The smallest absolute Gasteiger partial charge is 0.127 e. The number of ether oxygens (including phenoxy) is 1. The summed E-state index contributed by atoms with van der Waals surface area (Å²) in [5.74, 6) is 0.907. The van der Waals surface area contributed by atoms with E-state index in [2.05, 4.69) is 41.3 Å². The van der Waals surface area contributed by atoms with Crippen molar-refractivity contribution in [1.29, 1.82) is 0 Å². The standard InChI is InChI=1S/C19H20ClNO/c1-21(2)9-10-22-19-12-15-6-4-3-5-14(15)11-16-7-8-17(20)13-18(16)19/h3-8,12-13H,9-11H2,1-2H3. The highest BCUT2D eigenvalue weighted by Gasteiger charge is 2.16. The molecule has 2 aromatic rings. The number of halogens is 1. The highest BCUT2D eigenvalue weighted by atomic mass is 35.5. The van der Waals surface area contributed by atoms with Crippen LogP contribution in [0.5, 0.6) is 0 Å². The molecule has 0 aromatic heterocycles. The van der Waals surface area contributed by atoms with E-state index in [1.54, 1.807) is 0 Å². The van der Waals surface area contributed by atoms with Crippen molar-refractivity contribution in [2.24, 2.45) is 0 Å². The molecule has 0 saturated carbocycles. The Morgan fingerprint density at radius 1 is 1.09 bits per heavy atom. The maximum absolute atomic E-state index is 6.20. The van der Waals surface area contributed by atoms with Crippen LogP contribution in [0.3, 0.4) is 0 Å². The van der Waals surface area contributed by atoms with Gasteiger partial charge >= 0.3 is 0 Å². The van der Waals surface area contributed by atoms with Crippen LogP contribution < -0.4 is 0 Å². The Morgan fingerprint density at radius 3 is 2.73 bits per heavy atom. The fraction of sp³-hybridized carbons (Fsp3) is 0.263. The van der Waals surface area contributed by atoms with Crippen molar-refractivity contribution >= 4 is 23.4 Å². The molecule has 1 aliphatic carbocycles. The summed E-state index contributed by atoms with van der Waals surface area (Å²) in [7, 11) is 4.09. The lowest BCUT2D eigenvalue weighted by molar-refractivity contribution is 0.233. The minimum Gasteiger partial charge on any atom is -0.492 e. The van der Waals surface area contributed by atoms with Crippen LogP contribution in [0, 0.1) is 0 Å². The van der Waals surface area contributed by atoms with E-state index >= 15 is 0 Å². The highest BCUT2D eigenvalue weighted by molar-refractivity contribution is 6.30. The summed E-state index contributed by atoms with van der Waals surface area (Å²) in [4.78, 5) is 2.12. The molecular formula is C19H20ClNO. The number of nitrogens with zero attached hydrogens (tertiary/aromatic N) is 1. The first-order valence-electron chi connectivity index (χ1n) is 7.49. The zero-order valence-electron chi connectivity index (χ0n) is 13.0. The summed E-state index contributed by atoms with van der Waals surface area (Å²) in [5.41, 5.74) is 4.89. The second kappa shape index (κ2) is 6.55. The van der Waals surface area contributed by atoms with Crippen LogP contribution in [-0.4, -0.2) is 32.1 Å². The molecular weight excluding hydrogens is 294 g/mol. The number of hydrogen-bond acceptors (Lipinski definition) is 2. The van der Waals surface area contributed by atoms with E-state index in [1.165, 1.54) is 16.7 Å². The lowest BCUT2D eigenvalue weighted by atomic mass is 10.00. The fourth-order valence-electron chi connectivity index (χ4n) is 2.65. The number of rotatable bonds is 4. The van der Waals surface area contributed by atoms with Crippen molar-refractivity contribution in [3.63, 3.8) is 0 Å².